The van der Waals surface area contributed by atoms with E-state index in [-0.39, 0.29) is 17.5 Å². The van der Waals surface area contributed by atoms with E-state index in [9.17, 15) is 9.18 Å². The van der Waals surface area contributed by atoms with Gasteiger partial charge in [-0.3, -0.25) is 4.79 Å². The van der Waals surface area contributed by atoms with Crippen LogP contribution in [0.15, 0.2) is 53.0 Å². The first-order valence-electron chi connectivity index (χ1n) is 10.3. The first-order valence-corrected chi connectivity index (χ1v) is 12.1. The second kappa shape index (κ2) is 8.87. The largest absolute Gasteiger partial charge is 0.310 e. The van der Waals surface area contributed by atoms with Crippen LogP contribution in [0.2, 0.25) is 0 Å². The molecule has 10 heteroatoms. The lowest BCUT2D eigenvalue weighted by atomic mass is 10.3. The number of amides is 1. The number of hydrogen-bond donors (Lipinski definition) is 1. The monoisotopic (exact) mass is 468 g/mol. The fourth-order valence-electron chi connectivity index (χ4n) is 3.47. The van der Waals surface area contributed by atoms with Crippen molar-refractivity contribution in [2.75, 3.05) is 11.1 Å². The fourth-order valence-corrected chi connectivity index (χ4v) is 5.00. The highest BCUT2D eigenvalue weighted by Crippen LogP contribution is 2.39. The zero-order valence-electron chi connectivity index (χ0n) is 17.4. The maximum Gasteiger partial charge on any atom is 0.236 e. The summed E-state index contributed by atoms with van der Waals surface area (Å²) in [5.41, 5.74) is 1.43. The molecule has 1 fully saturated rings. The van der Waals surface area contributed by atoms with Gasteiger partial charge in [0, 0.05) is 23.4 Å². The summed E-state index contributed by atoms with van der Waals surface area (Å²) in [5.74, 6) is 1.21. The van der Waals surface area contributed by atoms with Crippen molar-refractivity contribution in [3.8, 4) is 5.69 Å². The van der Waals surface area contributed by atoms with Crippen LogP contribution in [0.5, 0.6) is 0 Å². The number of carbonyl (C=O) groups excluding carboxylic acids is 1. The Morgan fingerprint density at radius 3 is 2.78 bits per heavy atom. The predicted molar refractivity (Wildman–Crippen MR) is 123 cm³/mol. The first-order chi connectivity index (χ1) is 15.6. The van der Waals surface area contributed by atoms with Crippen molar-refractivity contribution >= 4 is 34.8 Å². The summed E-state index contributed by atoms with van der Waals surface area (Å²) in [7, 11) is 0. The smallest absolute Gasteiger partial charge is 0.236 e. The van der Waals surface area contributed by atoms with Crippen molar-refractivity contribution in [1.82, 2.24) is 24.5 Å². The summed E-state index contributed by atoms with van der Waals surface area (Å²) in [4.78, 5) is 14.0. The van der Waals surface area contributed by atoms with E-state index in [1.165, 1.54) is 28.8 Å². The minimum atomic E-state index is -0.321. The molecule has 0 bridgehead atoms. The van der Waals surface area contributed by atoms with Gasteiger partial charge in [-0.15, -0.1) is 21.5 Å². The Bertz CT molecular complexity index is 1230. The number of carbonyl (C=O) groups is 1. The third-order valence-corrected chi connectivity index (χ3v) is 6.88. The Labute approximate surface area is 192 Å². The van der Waals surface area contributed by atoms with Crippen molar-refractivity contribution in [1.29, 1.82) is 0 Å². The number of rotatable bonds is 8. The summed E-state index contributed by atoms with van der Waals surface area (Å²) < 4.78 is 17.1. The molecule has 32 heavy (non-hydrogen) atoms. The Morgan fingerprint density at radius 2 is 2.06 bits per heavy atom. The van der Waals surface area contributed by atoms with Crippen molar-refractivity contribution in [3.05, 3.63) is 70.1 Å². The van der Waals surface area contributed by atoms with Crippen LogP contribution in [-0.4, -0.2) is 36.2 Å². The lowest BCUT2D eigenvalue weighted by molar-refractivity contribution is -0.113. The number of aryl methyl sites for hydroxylation is 1. The average molecular weight is 469 g/mol. The van der Waals surface area contributed by atoms with E-state index >= 15 is 0 Å². The highest BCUT2D eigenvalue weighted by molar-refractivity contribution is 7.99. The summed E-state index contributed by atoms with van der Waals surface area (Å²) in [6.07, 6.45) is 2.99. The Balaban J connectivity index is 1.27. The van der Waals surface area contributed by atoms with Crippen molar-refractivity contribution < 1.29 is 9.18 Å². The normalized spacial score (nSPS) is 13.4. The van der Waals surface area contributed by atoms with Gasteiger partial charge in [0.15, 0.2) is 5.16 Å². The van der Waals surface area contributed by atoms with Crippen LogP contribution >= 0.6 is 23.1 Å². The molecule has 0 unspecified atom stereocenters. The van der Waals surface area contributed by atoms with Gasteiger partial charge in [-0.25, -0.2) is 9.07 Å². The Hall–Kier alpha value is -2.98. The molecule has 3 heterocycles. The highest BCUT2D eigenvalue weighted by atomic mass is 32.2. The number of thiophene rings is 1. The van der Waals surface area contributed by atoms with Crippen LogP contribution < -0.4 is 5.32 Å². The maximum atomic E-state index is 13.3. The van der Waals surface area contributed by atoms with E-state index in [4.69, 9.17) is 0 Å². The average Bonchev–Trinajstić information content (AvgIpc) is 3.16. The predicted octanol–water partition coefficient (Wildman–Crippen LogP) is 4.63. The van der Waals surface area contributed by atoms with E-state index in [1.807, 2.05) is 13.0 Å². The maximum absolute atomic E-state index is 13.3. The standard InChI is InChI=1S/C22H21FN6OS2/c1-14-11-19(29(27-14)17-6-4-15(23)5-7-17)24-21(30)13-32-22-26-25-20(28(22)16-8-9-16)12-18-3-2-10-31-18/h2-7,10-11,16H,8-9,12-13H2,1H3,(H,24,30). The summed E-state index contributed by atoms with van der Waals surface area (Å²) in [6, 6.07) is 12.3. The van der Waals surface area contributed by atoms with Crippen LogP contribution in [0, 0.1) is 12.7 Å². The molecule has 1 aromatic carbocycles. The molecule has 0 saturated heterocycles. The second-order valence-corrected chi connectivity index (χ2v) is 9.63. The Morgan fingerprint density at radius 1 is 1.25 bits per heavy atom. The van der Waals surface area contributed by atoms with Crippen LogP contribution in [0.3, 0.4) is 0 Å². The van der Waals surface area contributed by atoms with E-state index in [1.54, 1.807) is 34.2 Å². The van der Waals surface area contributed by atoms with E-state index < -0.39 is 0 Å². The first kappa shape index (κ1) is 20.9. The van der Waals surface area contributed by atoms with Gasteiger partial charge in [-0.1, -0.05) is 17.8 Å². The minimum Gasteiger partial charge on any atom is -0.310 e. The molecular formula is C22H21FN6OS2. The third-order valence-electron chi connectivity index (χ3n) is 5.06. The lowest BCUT2D eigenvalue weighted by Crippen LogP contribution is -2.17. The van der Waals surface area contributed by atoms with Gasteiger partial charge < -0.3 is 9.88 Å². The number of hydrogen-bond acceptors (Lipinski definition) is 6. The summed E-state index contributed by atoms with van der Waals surface area (Å²) >= 11 is 3.10. The van der Waals surface area contributed by atoms with E-state index in [2.05, 4.69) is 36.6 Å². The number of benzene rings is 1. The van der Waals surface area contributed by atoms with Crippen LogP contribution in [0.1, 0.15) is 35.3 Å². The molecule has 1 saturated carbocycles. The molecule has 5 rings (SSSR count). The molecule has 0 aliphatic heterocycles. The summed E-state index contributed by atoms with van der Waals surface area (Å²) in [6.45, 7) is 1.84. The molecule has 4 aromatic rings. The van der Waals surface area contributed by atoms with Gasteiger partial charge in [-0.05, 0) is 55.5 Å². The number of nitrogens with one attached hydrogen (secondary N) is 1. The van der Waals surface area contributed by atoms with Gasteiger partial charge in [-0.2, -0.15) is 5.10 Å². The van der Waals surface area contributed by atoms with Gasteiger partial charge in [0.1, 0.15) is 17.5 Å². The molecule has 3 aromatic heterocycles. The number of anilines is 1. The van der Waals surface area contributed by atoms with Gasteiger partial charge in [0.2, 0.25) is 5.91 Å². The molecule has 0 spiro atoms. The number of aromatic nitrogens is 5. The van der Waals surface area contributed by atoms with Gasteiger partial charge in [0.25, 0.3) is 0 Å². The van der Waals surface area contributed by atoms with E-state index in [0.717, 1.165) is 35.9 Å². The molecule has 1 aliphatic rings. The van der Waals surface area contributed by atoms with Crippen LogP contribution in [0.25, 0.3) is 5.69 Å². The van der Waals surface area contributed by atoms with E-state index in [0.29, 0.717) is 17.5 Å². The molecule has 164 valence electrons. The van der Waals surface area contributed by atoms with Gasteiger partial charge >= 0.3 is 0 Å². The van der Waals surface area contributed by atoms with Crippen molar-refractivity contribution in [2.24, 2.45) is 0 Å². The van der Waals surface area contributed by atoms with Crippen molar-refractivity contribution in [3.63, 3.8) is 0 Å². The lowest BCUT2D eigenvalue weighted by Gasteiger charge is -2.10. The zero-order valence-corrected chi connectivity index (χ0v) is 19.0. The molecule has 1 aliphatic carbocycles. The third kappa shape index (κ3) is 4.61. The summed E-state index contributed by atoms with van der Waals surface area (Å²) in [5, 5.41) is 18.9. The van der Waals surface area contributed by atoms with Gasteiger partial charge in [0.05, 0.1) is 17.1 Å². The molecule has 0 radical (unpaired) electrons. The number of nitrogens with zero attached hydrogens (tertiary/aromatic N) is 5. The number of halogens is 1. The van der Waals surface area contributed by atoms with Crippen LogP contribution in [-0.2, 0) is 11.2 Å². The molecule has 1 amide bonds. The highest BCUT2D eigenvalue weighted by Gasteiger charge is 2.30. The SMILES string of the molecule is Cc1cc(NC(=O)CSc2nnc(Cc3cccs3)n2C2CC2)n(-c2ccc(F)cc2)n1. The quantitative estimate of drug-likeness (QED) is 0.382. The molecular weight excluding hydrogens is 447 g/mol. The molecule has 7 nitrogen and oxygen atoms in total. The topological polar surface area (TPSA) is 77.6 Å². The van der Waals surface area contributed by atoms with Crippen molar-refractivity contribution in [2.45, 2.75) is 37.4 Å². The fraction of sp³-hybridized carbons (Fsp3) is 0.273. The molecule has 1 N–H and O–H groups in total. The minimum absolute atomic E-state index is 0.164. The van der Waals surface area contributed by atoms with Crippen LogP contribution in [0.4, 0.5) is 10.2 Å². The Kier molecular flexibility index (Phi) is 5.79. The zero-order chi connectivity index (χ0) is 22.1. The molecule has 0 atom stereocenters. The second-order valence-electron chi connectivity index (χ2n) is 7.65. The number of thioether (sulfide) groups is 1.